The van der Waals surface area contributed by atoms with E-state index in [2.05, 4.69) is 4.89 Å². The van der Waals surface area contributed by atoms with Crippen LogP contribution in [-0.2, 0) is 9.68 Å². The molecule has 0 aliphatic rings. The Bertz CT molecular complexity index is 51.8. The van der Waals surface area contributed by atoms with Crippen molar-refractivity contribution >= 4 is 43.7 Å². The van der Waals surface area contributed by atoms with Crippen LogP contribution < -0.4 is 0 Å². The molecule has 42 valence electrons. The molecule has 0 amide bonds. The molecule has 0 unspecified atom stereocenters. The summed E-state index contributed by atoms with van der Waals surface area (Å²) in [7, 11) is 0. The zero-order valence-electron chi connectivity index (χ0n) is 5.97. The molecule has 0 saturated carbocycles. The molecule has 0 atom stereocenters. The van der Waals surface area contributed by atoms with Crippen LogP contribution in [0.25, 0.3) is 0 Å². The molecule has 0 spiro atoms. The molecular weight excluding hydrogens is 128 g/mol. The zero-order chi connectivity index (χ0) is 4.28. The van der Waals surface area contributed by atoms with Gasteiger partial charge in [0.25, 0.3) is 0 Å². The molecular formula is C2H8CaO4. The Kier molecular flexibility index (Phi) is 21.9. The summed E-state index contributed by atoms with van der Waals surface area (Å²) in [6.07, 6.45) is 0. The van der Waals surface area contributed by atoms with E-state index in [-0.39, 0.29) is 46.1 Å². The Labute approximate surface area is 73.7 Å². The molecule has 4 nitrogen and oxygen atoms in total. The van der Waals surface area contributed by atoms with Gasteiger partial charge >= 0.3 is 43.7 Å². The van der Waals surface area contributed by atoms with Gasteiger partial charge in [0.2, 0.25) is 0 Å². The third-order valence-corrected chi connectivity index (χ3v) is 0.129. The minimum atomic E-state index is -0.690. The van der Waals surface area contributed by atoms with E-state index in [1.807, 2.05) is 0 Å². The zero-order valence-corrected chi connectivity index (χ0v) is 6.18. The summed E-state index contributed by atoms with van der Waals surface area (Å²) in [5.41, 5.74) is 0. The molecule has 0 aliphatic carbocycles. The van der Waals surface area contributed by atoms with Crippen molar-refractivity contribution in [2.75, 3.05) is 0 Å². The van der Waals surface area contributed by atoms with Crippen molar-refractivity contribution in [2.45, 2.75) is 6.92 Å². The van der Waals surface area contributed by atoms with Crippen molar-refractivity contribution in [3.8, 4) is 0 Å². The molecule has 0 heterocycles. The monoisotopic (exact) mass is 136 g/mol. The second-order valence-corrected chi connectivity index (χ2v) is 0.583. The van der Waals surface area contributed by atoms with Crippen LogP contribution in [0.15, 0.2) is 0 Å². The van der Waals surface area contributed by atoms with E-state index in [4.69, 9.17) is 5.26 Å². The summed E-state index contributed by atoms with van der Waals surface area (Å²) in [4.78, 5) is 12.5. The van der Waals surface area contributed by atoms with Crippen molar-refractivity contribution in [3.05, 3.63) is 0 Å². The van der Waals surface area contributed by atoms with Crippen molar-refractivity contribution in [3.63, 3.8) is 0 Å². The minimum Gasteiger partial charge on any atom is -1.00 e. The van der Waals surface area contributed by atoms with Gasteiger partial charge in [0, 0.05) is 6.92 Å². The molecule has 7 heavy (non-hydrogen) atoms. The first-order valence-electron chi connectivity index (χ1n) is 1.09. The molecule has 0 bridgehead atoms. The topological polar surface area (TPSA) is 78.0 Å². The molecule has 0 aromatic rings. The van der Waals surface area contributed by atoms with E-state index in [1.165, 1.54) is 0 Å². The summed E-state index contributed by atoms with van der Waals surface area (Å²) >= 11 is 0. The fourth-order valence-corrected chi connectivity index (χ4v) is 0. The van der Waals surface area contributed by atoms with Gasteiger partial charge in [0.05, 0.1) is 0 Å². The first kappa shape index (κ1) is 15.6. The molecule has 0 radical (unpaired) electrons. The largest absolute Gasteiger partial charge is 2.00 e. The first-order chi connectivity index (χ1) is 2.27. The third kappa shape index (κ3) is 20.5. The standard InChI is InChI=1S/C2H4O3.Ca.H2O.2H/c1-2(3)5-4;;;;/h4H,1H3;;1H2;;/q;+2;;2*-1. The van der Waals surface area contributed by atoms with Crippen molar-refractivity contribution in [1.29, 1.82) is 0 Å². The van der Waals surface area contributed by atoms with Crippen LogP contribution in [0, 0.1) is 0 Å². The Morgan fingerprint density at radius 3 is 2.00 bits per heavy atom. The van der Waals surface area contributed by atoms with Crippen LogP contribution >= 0.6 is 0 Å². The van der Waals surface area contributed by atoms with E-state index in [1.54, 1.807) is 0 Å². The Morgan fingerprint density at radius 2 is 2.00 bits per heavy atom. The van der Waals surface area contributed by atoms with Gasteiger partial charge in [-0.2, -0.15) is 5.26 Å². The van der Waals surface area contributed by atoms with E-state index in [9.17, 15) is 4.79 Å². The summed E-state index contributed by atoms with van der Waals surface area (Å²) in [6.45, 7) is 1.11. The minimum absolute atomic E-state index is 0. The average molecular weight is 136 g/mol. The maximum Gasteiger partial charge on any atom is 2.00 e. The van der Waals surface area contributed by atoms with Gasteiger partial charge in [-0.15, -0.1) is 0 Å². The normalized spacial score (nSPS) is 4.86. The number of carbonyl (C=O) groups is 1. The van der Waals surface area contributed by atoms with Gasteiger partial charge < -0.3 is 13.2 Å². The molecule has 0 aromatic carbocycles. The van der Waals surface area contributed by atoms with Gasteiger partial charge in [-0.05, 0) is 0 Å². The van der Waals surface area contributed by atoms with Gasteiger partial charge in [-0.1, -0.05) is 0 Å². The van der Waals surface area contributed by atoms with Gasteiger partial charge in [-0.25, -0.2) is 4.79 Å². The molecule has 0 aliphatic heterocycles. The fourth-order valence-electron chi connectivity index (χ4n) is 0. The summed E-state index contributed by atoms with van der Waals surface area (Å²) in [6, 6.07) is 0. The van der Waals surface area contributed by atoms with E-state index in [0.29, 0.717) is 0 Å². The number of hydrogen-bond acceptors (Lipinski definition) is 3. The van der Waals surface area contributed by atoms with E-state index < -0.39 is 5.97 Å². The van der Waals surface area contributed by atoms with Gasteiger partial charge in [-0.3, -0.25) is 0 Å². The predicted molar refractivity (Wildman–Crippen MR) is 26.0 cm³/mol. The SMILES string of the molecule is CC(=O)OO.O.[Ca+2].[H-].[H-]. The Morgan fingerprint density at radius 1 is 1.86 bits per heavy atom. The van der Waals surface area contributed by atoms with Crippen LogP contribution in [0.2, 0.25) is 0 Å². The molecule has 0 saturated heterocycles. The molecule has 0 rings (SSSR count). The van der Waals surface area contributed by atoms with Crippen LogP contribution in [0.5, 0.6) is 0 Å². The van der Waals surface area contributed by atoms with Gasteiger partial charge in [0.15, 0.2) is 0 Å². The molecule has 0 aromatic heterocycles. The quantitative estimate of drug-likeness (QED) is 0.265. The van der Waals surface area contributed by atoms with Crippen LogP contribution in [0.1, 0.15) is 9.78 Å². The molecule has 0 fully saturated rings. The summed E-state index contributed by atoms with van der Waals surface area (Å²) < 4.78 is 0. The number of hydrogen-bond donors (Lipinski definition) is 1. The molecule has 5 heteroatoms. The van der Waals surface area contributed by atoms with Crippen LogP contribution in [-0.4, -0.2) is 54.4 Å². The Balaban J connectivity index is -0.0000000133. The third-order valence-electron chi connectivity index (χ3n) is 0.129. The van der Waals surface area contributed by atoms with Crippen LogP contribution in [0.4, 0.5) is 0 Å². The average Bonchev–Trinajstić information content (AvgIpc) is 1.38. The van der Waals surface area contributed by atoms with Crippen molar-refractivity contribution in [1.82, 2.24) is 0 Å². The van der Waals surface area contributed by atoms with Crippen molar-refractivity contribution < 1.29 is 23.3 Å². The second kappa shape index (κ2) is 9.82. The van der Waals surface area contributed by atoms with E-state index >= 15 is 0 Å². The number of carbonyl (C=O) groups excluding carboxylic acids is 1. The number of rotatable bonds is 0. The predicted octanol–water partition coefficient (Wildman–Crippen LogP) is -0.958. The maximum absolute atomic E-state index is 9.34. The van der Waals surface area contributed by atoms with Crippen LogP contribution in [0.3, 0.4) is 0 Å². The van der Waals surface area contributed by atoms with E-state index in [0.717, 1.165) is 6.92 Å². The summed E-state index contributed by atoms with van der Waals surface area (Å²) in [5, 5.41) is 7.29. The second-order valence-electron chi connectivity index (χ2n) is 0.583. The first-order valence-corrected chi connectivity index (χ1v) is 1.09. The fraction of sp³-hybridized carbons (Fsp3) is 0.500. The molecule has 3 N–H and O–H groups in total. The maximum atomic E-state index is 9.34. The summed E-state index contributed by atoms with van der Waals surface area (Å²) in [5.74, 6) is -0.690. The Hall–Kier alpha value is 0.650. The van der Waals surface area contributed by atoms with Crippen molar-refractivity contribution in [2.24, 2.45) is 0 Å². The van der Waals surface area contributed by atoms with Gasteiger partial charge in [0.1, 0.15) is 0 Å². The smallest absolute Gasteiger partial charge is 1.00 e.